The zero-order valence-electron chi connectivity index (χ0n) is 12.1. The zero-order valence-corrected chi connectivity index (χ0v) is 12.1. The highest BCUT2D eigenvalue weighted by Gasteiger charge is 2.22. The van der Waals surface area contributed by atoms with Gasteiger partial charge >= 0.3 is 0 Å². The average Bonchev–Trinajstić information content (AvgIpc) is 2.85. The van der Waals surface area contributed by atoms with Crippen LogP contribution in [-0.4, -0.2) is 36.3 Å². The number of hydrogen-bond donors (Lipinski definition) is 2. The molecular weight excluding hydrogens is 266 g/mol. The van der Waals surface area contributed by atoms with Crippen LogP contribution in [-0.2, 0) is 9.59 Å². The van der Waals surface area contributed by atoms with Gasteiger partial charge in [-0.25, -0.2) is 0 Å². The fraction of sp³-hybridized carbons (Fsp3) is 0.375. The third-order valence-electron chi connectivity index (χ3n) is 3.35. The van der Waals surface area contributed by atoms with Crippen molar-refractivity contribution < 1.29 is 9.59 Å². The quantitative estimate of drug-likeness (QED) is 0.809. The van der Waals surface area contributed by atoms with Crippen LogP contribution in [0.5, 0.6) is 0 Å². The number of aryl methyl sites for hydroxylation is 1. The molecule has 0 atom stereocenters. The van der Waals surface area contributed by atoms with Gasteiger partial charge in [-0.15, -0.1) is 0 Å². The summed E-state index contributed by atoms with van der Waals surface area (Å²) in [5.41, 5.74) is 7.92. The summed E-state index contributed by atoms with van der Waals surface area (Å²) in [6.45, 7) is 3.02. The summed E-state index contributed by atoms with van der Waals surface area (Å²) in [7, 11) is 0. The van der Waals surface area contributed by atoms with Gasteiger partial charge in [0.25, 0.3) is 0 Å². The summed E-state index contributed by atoms with van der Waals surface area (Å²) in [6.07, 6.45) is 1.37. The molecular formula is C16H19N3O2. The molecule has 1 fully saturated rings. The van der Waals surface area contributed by atoms with E-state index in [2.05, 4.69) is 17.2 Å². The normalized spacial score (nSPS) is 13.8. The van der Waals surface area contributed by atoms with Crippen LogP contribution in [0.1, 0.15) is 24.0 Å². The third kappa shape index (κ3) is 4.07. The second kappa shape index (κ2) is 6.91. The van der Waals surface area contributed by atoms with Crippen molar-refractivity contribution in [2.45, 2.75) is 19.8 Å². The number of likely N-dealkylation sites (tertiary alicyclic amines) is 1. The third-order valence-corrected chi connectivity index (χ3v) is 3.35. The molecule has 2 amide bonds. The summed E-state index contributed by atoms with van der Waals surface area (Å²) in [4.78, 5) is 25.0. The second-order valence-electron chi connectivity index (χ2n) is 5.00. The number of rotatable bonds is 3. The molecule has 2 rings (SSSR count). The number of nitrogens with two attached hydrogens (primary N) is 1. The lowest BCUT2D eigenvalue weighted by Gasteiger charge is -2.15. The van der Waals surface area contributed by atoms with Crippen LogP contribution in [0, 0.1) is 18.8 Å². The van der Waals surface area contributed by atoms with Crippen LogP contribution in [0.25, 0.3) is 0 Å². The Bertz CT molecular complexity index is 614. The average molecular weight is 285 g/mol. The molecule has 0 bridgehead atoms. The number of hydrogen-bond acceptors (Lipinski definition) is 3. The molecule has 3 N–H and O–H groups in total. The number of nitrogens with zero attached hydrogens (tertiary/aromatic N) is 1. The Morgan fingerprint density at radius 2 is 2.29 bits per heavy atom. The predicted molar refractivity (Wildman–Crippen MR) is 81.6 cm³/mol. The number of anilines is 1. The van der Waals surface area contributed by atoms with E-state index in [0.29, 0.717) is 25.2 Å². The van der Waals surface area contributed by atoms with Gasteiger partial charge in [0.15, 0.2) is 0 Å². The molecule has 1 aliphatic rings. The van der Waals surface area contributed by atoms with Crippen LogP contribution in [0.2, 0.25) is 0 Å². The molecule has 0 aliphatic carbocycles. The molecule has 0 radical (unpaired) electrons. The Hall–Kier alpha value is -2.32. The molecule has 21 heavy (non-hydrogen) atoms. The summed E-state index contributed by atoms with van der Waals surface area (Å²) in [5.74, 6) is 5.64. The second-order valence-corrected chi connectivity index (χ2v) is 5.00. The first-order chi connectivity index (χ1) is 10.1. The van der Waals surface area contributed by atoms with Crippen molar-refractivity contribution in [2.75, 3.05) is 25.0 Å². The van der Waals surface area contributed by atoms with Crippen LogP contribution < -0.4 is 11.1 Å². The number of carbonyl (C=O) groups is 2. The van der Waals surface area contributed by atoms with Gasteiger partial charge in [0, 0.05) is 24.2 Å². The standard InChI is InChI=1S/C16H19N3O2/c1-12-6-7-14(10-13(12)4-2-8-17)18-15(20)11-19-9-3-5-16(19)21/h6-7,10H,3,5,8-9,11,17H2,1H3,(H,18,20). The van der Waals surface area contributed by atoms with Crippen LogP contribution in [0.4, 0.5) is 5.69 Å². The molecule has 1 saturated heterocycles. The molecule has 1 aromatic rings. The summed E-state index contributed by atoms with van der Waals surface area (Å²) >= 11 is 0. The minimum atomic E-state index is -0.188. The molecule has 0 saturated carbocycles. The maximum Gasteiger partial charge on any atom is 0.243 e. The van der Waals surface area contributed by atoms with E-state index < -0.39 is 0 Å². The molecule has 0 unspecified atom stereocenters. The van der Waals surface area contributed by atoms with E-state index in [9.17, 15) is 9.59 Å². The van der Waals surface area contributed by atoms with Crippen LogP contribution in [0.3, 0.4) is 0 Å². The molecule has 5 heteroatoms. The first-order valence-electron chi connectivity index (χ1n) is 6.97. The van der Waals surface area contributed by atoms with Gasteiger partial charge < -0.3 is 16.0 Å². The largest absolute Gasteiger partial charge is 0.333 e. The van der Waals surface area contributed by atoms with Crippen LogP contribution in [0.15, 0.2) is 18.2 Å². The molecule has 0 aromatic heterocycles. The van der Waals surface area contributed by atoms with E-state index in [4.69, 9.17) is 5.73 Å². The first kappa shape index (κ1) is 15.1. The fourth-order valence-corrected chi connectivity index (χ4v) is 2.23. The summed E-state index contributed by atoms with van der Waals surface area (Å²) in [5, 5.41) is 2.80. The number of nitrogens with one attached hydrogen (secondary N) is 1. The first-order valence-corrected chi connectivity index (χ1v) is 6.97. The Labute approximate surface area is 124 Å². The molecule has 0 spiro atoms. The maximum absolute atomic E-state index is 12.0. The topological polar surface area (TPSA) is 75.4 Å². The van der Waals surface area contributed by atoms with Gasteiger partial charge in [0.1, 0.15) is 0 Å². The SMILES string of the molecule is Cc1ccc(NC(=O)CN2CCCC2=O)cc1C#CCN. The van der Waals surface area contributed by atoms with E-state index in [1.807, 2.05) is 25.1 Å². The number of carbonyl (C=O) groups excluding carboxylic acids is 2. The highest BCUT2D eigenvalue weighted by Crippen LogP contribution is 2.15. The van der Waals surface area contributed by atoms with Crippen molar-refractivity contribution in [2.24, 2.45) is 5.73 Å². The highest BCUT2D eigenvalue weighted by atomic mass is 16.2. The Morgan fingerprint density at radius 1 is 1.48 bits per heavy atom. The maximum atomic E-state index is 12.0. The minimum absolute atomic E-state index is 0.0450. The van der Waals surface area contributed by atoms with E-state index >= 15 is 0 Å². The zero-order chi connectivity index (χ0) is 15.2. The Kier molecular flexibility index (Phi) is 4.96. The smallest absolute Gasteiger partial charge is 0.243 e. The van der Waals surface area contributed by atoms with Gasteiger partial charge in [-0.2, -0.15) is 0 Å². The summed E-state index contributed by atoms with van der Waals surface area (Å²) < 4.78 is 0. The van der Waals surface area contributed by atoms with Crippen molar-refractivity contribution in [3.8, 4) is 11.8 Å². The van der Waals surface area contributed by atoms with Crippen molar-refractivity contribution in [1.29, 1.82) is 0 Å². The molecule has 1 aromatic carbocycles. The molecule has 110 valence electrons. The predicted octanol–water partition coefficient (Wildman–Crippen LogP) is 0.866. The van der Waals surface area contributed by atoms with E-state index in [1.165, 1.54) is 0 Å². The molecule has 1 aliphatic heterocycles. The minimum Gasteiger partial charge on any atom is -0.333 e. The highest BCUT2D eigenvalue weighted by molar-refractivity contribution is 5.95. The lowest BCUT2D eigenvalue weighted by Crippen LogP contribution is -2.33. The van der Waals surface area contributed by atoms with Gasteiger partial charge in [-0.3, -0.25) is 9.59 Å². The molecule has 5 nitrogen and oxygen atoms in total. The van der Waals surface area contributed by atoms with Crippen molar-refractivity contribution in [1.82, 2.24) is 4.90 Å². The lowest BCUT2D eigenvalue weighted by atomic mass is 10.1. The van der Waals surface area contributed by atoms with E-state index in [0.717, 1.165) is 17.5 Å². The van der Waals surface area contributed by atoms with Crippen molar-refractivity contribution in [3.63, 3.8) is 0 Å². The van der Waals surface area contributed by atoms with Gasteiger partial charge in [-0.05, 0) is 31.0 Å². The molecule has 1 heterocycles. The van der Waals surface area contributed by atoms with Crippen LogP contribution >= 0.6 is 0 Å². The van der Waals surface area contributed by atoms with Gasteiger partial charge in [0.05, 0.1) is 13.1 Å². The fourth-order valence-electron chi connectivity index (χ4n) is 2.23. The van der Waals surface area contributed by atoms with Crippen molar-refractivity contribution >= 4 is 17.5 Å². The number of benzene rings is 1. The Balaban J connectivity index is 2.02. The van der Waals surface area contributed by atoms with E-state index in [1.54, 1.807) is 4.90 Å². The summed E-state index contributed by atoms with van der Waals surface area (Å²) in [6, 6.07) is 5.55. The number of amides is 2. The van der Waals surface area contributed by atoms with Crippen molar-refractivity contribution in [3.05, 3.63) is 29.3 Å². The Morgan fingerprint density at radius 3 is 2.95 bits per heavy atom. The lowest BCUT2D eigenvalue weighted by molar-refractivity contribution is -0.131. The monoisotopic (exact) mass is 285 g/mol. The van der Waals surface area contributed by atoms with E-state index in [-0.39, 0.29) is 18.4 Å². The van der Waals surface area contributed by atoms with Gasteiger partial charge in [-0.1, -0.05) is 17.9 Å². The van der Waals surface area contributed by atoms with Gasteiger partial charge in [0.2, 0.25) is 11.8 Å².